The molecule has 1 aromatic heterocycles. The number of amides is 1. The van der Waals surface area contributed by atoms with Gasteiger partial charge in [-0.15, -0.1) is 0 Å². The van der Waals surface area contributed by atoms with E-state index in [9.17, 15) is 4.79 Å². The first kappa shape index (κ1) is 16.4. The van der Waals surface area contributed by atoms with E-state index in [1.54, 1.807) is 6.20 Å². The van der Waals surface area contributed by atoms with E-state index in [4.69, 9.17) is 4.74 Å². The Morgan fingerprint density at radius 2 is 2.04 bits per heavy atom. The van der Waals surface area contributed by atoms with Crippen molar-refractivity contribution in [1.29, 1.82) is 0 Å². The van der Waals surface area contributed by atoms with Gasteiger partial charge in [0.05, 0.1) is 6.10 Å². The standard InChI is InChI=1S/C18H27N3O2/c1-15(16-5-4-8-19-13-16)20-9-11-21(12-10-20)18(22)14-23-17-6-2-3-7-17/h4-5,8,13,15,17H,2-3,6-7,9-12,14H2,1H3. The summed E-state index contributed by atoms with van der Waals surface area (Å²) < 4.78 is 5.75. The van der Waals surface area contributed by atoms with Crippen molar-refractivity contribution in [3.05, 3.63) is 30.1 Å². The molecule has 1 aliphatic carbocycles. The summed E-state index contributed by atoms with van der Waals surface area (Å²) in [6.07, 6.45) is 8.75. The molecule has 1 saturated carbocycles. The second-order valence-corrected chi connectivity index (χ2v) is 6.60. The molecule has 1 saturated heterocycles. The third-order valence-electron chi connectivity index (χ3n) is 5.13. The molecule has 1 aliphatic heterocycles. The van der Waals surface area contributed by atoms with Gasteiger partial charge in [0, 0.05) is 44.6 Å². The van der Waals surface area contributed by atoms with Gasteiger partial charge >= 0.3 is 0 Å². The summed E-state index contributed by atoms with van der Waals surface area (Å²) in [5.41, 5.74) is 1.23. The summed E-state index contributed by atoms with van der Waals surface area (Å²) in [6.45, 7) is 5.85. The van der Waals surface area contributed by atoms with Crippen molar-refractivity contribution in [2.24, 2.45) is 0 Å². The number of aromatic nitrogens is 1. The fourth-order valence-corrected chi connectivity index (χ4v) is 3.53. The Balaban J connectivity index is 1.43. The summed E-state index contributed by atoms with van der Waals surface area (Å²) in [5.74, 6) is 0.144. The van der Waals surface area contributed by atoms with Gasteiger partial charge in [-0.25, -0.2) is 0 Å². The van der Waals surface area contributed by atoms with E-state index in [-0.39, 0.29) is 12.5 Å². The highest BCUT2D eigenvalue weighted by Gasteiger charge is 2.25. The van der Waals surface area contributed by atoms with Crippen LogP contribution in [0.3, 0.4) is 0 Å². The average Bonchev–Trinajstić information content (AvgIpc) is 3.13. The van der Waals surface area contributed by atoms with E-state index in [0.29, 0.717) is 12.1 Å². The third-order valence-corrected chi connectivity index (χ3v) is 5.13. The zero-order chi connectivity index (χ0) is 16.1. The molecule has 1 unspecified atom stereocenters. The lowest BCUT2D eigenvalue weighted by Gasteiger charge is -2.38. The van der Waals surface area contributed by atoms with Crippen LogP contribution in [0.2, 0.25) is 0 Å². The lowest BCUT2D eigenvalue weighted by molar-refractivity contribution is -0.140. The Hall–Kier alpha value is -1.46. The molecule has 0 aromatic carbocycles. The highest BCUT2D eigenvalue weighted by Crippen LogP contribution is 2.22. The molecule has 2 aliphatic rings. The first-order chi connectivity index (χ1) is 11.2. The van der Waals surface area contributed by atoms with E-state index < -0.39 is 0 Å². The van der Waals surface area contributed by atoms with Gasteiger partial charge in [0.25, 0.3) is 0 Å². The van der Waals surface area contributed by atoms with Gasteiger partial charge in [-0.1, -0.05) is 18.9 Å². The van der Waals surface area contributed by atoms with Crippen LogP contribution >= 0.6 is 0 Å². The van der Waals surface area contributed by atoms with E-state index in [0.717, 1.165) is 39.0 Å². The molecule has 126 valence electrons. The van der Waals surface area contributed by atoms with Crippen LogP contribution in [-0.2, 0) is 9.53 Å². The van der Waals surface area contributed by atoms with Gasteiger partial charge in [0.2, 0.25) is 5.91 Å². The monoisotopic (exact) mass is 317 g/mol. The summed E-state index contributed by atoms with van der Waals surface area (Å²) in [7, 11) is 0. The van der Waals surface area contributed by atoms with Crippen LogP contribution in [0.1, 0.15) is 44.2 Å². The highest BCUT2D eigenvalue weighted by atomic mass is 16.5. The van der Waals surface area contributed by atoms with Crippen LogP contribution in [-0.4, -0.2) is 59.6 Å². The Morgan fingerprint density at radius 3 is 2.70 bits per heavy atom. The fourth-order valence-electron chi connectivity index (χ4n) is 3.53. The minimum Gasteiger partial charge on any atom is -0.368 e. The molecule has 0 N–H and O–H groups in total. The number of pyridine rings is 1. The summed E-state index contributed by atoms with van der Waals surface area (Å²) in [6, 6.07) is 4.44. The molecule has 3 rings (SSSR count). The molecule has 5 nitrogen and oxygen atoms in total. The molecule has 5 heteroatoms. The van der Waals surface area contributed by atoms with Crippen molar-refractivity contribution in [2.75, 3.05) is 32.8 Å². The number of carbonyl (C=O) groups is 1. The molecule has 2 fully saturated rings. The number of piperazine rings is 1. The Labute approximate surface area is 138 Å². The van der Waals surface area contributed by atoms with Crippen LogP contribution in [0.15, 0.2) is 24.5 Å². The first-order valence-corrected chi connectivity index (χ1v) is 8.77. The third kappa shape index (κ3) is 4.30. The van der Waals surface area contributed by atoms with Crippen LogP contribution in [0, 0.1) is 0 Å². The predicted molar refractivity (Wildman–Crippen MR) is 89.0 cm³/mol. The van der Waals surface area contributed by atoms with Gasteiger partial charge in [-0.2, -0.15) is 0 Å². The molecule has 1 amide bonds. The van der Waals surface area contributed by atoms with E-state index in [2.05, 4.69) is 22.9 Å². The SMILES string of the molecule is CC(c1cccnc1)N1CCN(C(=O)COC2CCCC2)CC1. The maximum atomic E-state index is 12.3. The van der Waals surface area contributed by atoms with Crippen molar-refractivity contribution in [3.63, 3.8) is 0 Å². The number of carbonyl (C=O) groups excluding carboxylic acids is 1. The van der Waals surface area contributed by atoms with Crippen LogP contribution in [0.4, 0.5) is 0 Å². The Morgan fingerprint density at radius 1 is 1.30 bits per heavy atom. The molecule has 23 heavy (non-hydrogen) atoms. The quantitative estimate of drug-likeness (QED) is 0.835. The molecule has 0 spiro atoms. The van der Waals surface area contributed by atoms with Crippen LogP contribution < -0.4 is 0 Å². The van der Waals surface area contributed by atoms with Gasteiger partial charge in [0.1, 0.15) is 6.61 Å². The second kappa shape index (κ2) is 7.88. The van der Waals surface area contributed by atoms with Crippen molar-refractivity contribution in [1.82, 2.24) is 14.8 Å². The molecular formula is C18H27N3O2. The molecular weight excluding hydrogens is 290 g/mol. The predicted octanol–water partition coefficient (Wildman–Crippen LogP) is 2.25. The van der Waals surface area contributed by atoms with Gasteiger partial charge in [0.15, 0.2) is 0 Å². The van der Waals surface area contributed by atoms with E-state index in [1.807, 2.05) is 17.2 Å². The number of hydrogen-bond acceptors (Lipinski definition) is 4. The largest absolute Gasteiger partial charge is 0.368 e. The van der Waals surface area contributed by atoms with E-state index >= 15 is 0 Å². The fraction of sp³-hybridized carbons (Fsp3) is 0.667. The minimum atomic E-state index is 0.144. The van der Waals surface area contributed by atoms with E-state index in [1.165, 1.54) is 18.4 Å². The number of ether oxygens (including phenoxy) is 1. The molecule has 1 atom stereocenters. The molecule has 0 radical (unpaired) electrons. The molecule has 2 heterocycles. The molecule has 0 bridgehead atoms. The lowest BCUT2D eigenvalue weighted by Crippen LogP contribution is -2.50. The van der Waals surface area contributed by atoms with Crippen LogP contribution in [0.25, 0.3) is 0 Å². The number of hydrogen-bond donors (Lipinski definition) is 0. The van der Waals surface area contributed by atoms with Gasteiger partial charge < -0.3 is 9.64 Å². The van der Waals surface area contributed by atoms with Crippen molar-refractivity contribution >= 4 is 5.91 Å². The molecule has 1 aromatic rings. The van der Waals surface area contributed by atoms with Crippen molar-refractivity contribution in [2.45, 2.75) is 44.8 Å². The lowest BCUT2D eigenvalue weighted by atomic mass is 10.1. The van der Waals surface area contributed by atoms with Gasteiger partial charge in [-0.05, 0) is 31.4 Å². The number of rotatable bonds is 5. The first-order valence-electron chi connectivity index (χ1n) is 8.77. The summed E-state index contributed by atoms with van der Waals surface area (Å²) >= 11 is 0. The van der Waals surface area contributed by atoms with Crippen molar-refractivity contribution in [3.8, 4) is 0 Å². The van der Waals surface area contributed by atoms with Crippen LogP contribution in [0.5, 0.6) is 0 Å². The second-order valence-electron chi connectivity index (χ2n) is 6.60. The van der Waals surface area contributed by atoms with Gasteiger partial charge in [-0.3, -0.25) is 14.7 Å². The number of nitrogens with zero attached hydrogens (tertiary/aromatic N) is 3. The maximum absolute atomic E-state index is 12.3. The maximum Gasteiger partial charge on any atom is 0.248 e. The zero-order valence-corrected chi connectivity index (χ0v) is 14.0. The topological polar surface area (TPSA) is 45.7 Å². The highest BCUT2D eigenvalue weighted by molar-refractivity contribution is 5.77. The summed E-state index contributed by atoms with van der Waals surface area (Å²) in [4.78, 5) is 20.8. The Bertz CT molecular complexity index is 494. The van der Waals surface area contributed by atoms with Crippen molar-refractivity contribution < 1.29 is 9.53 Å². The zero-order valence-electron chi connectivity index (χ0n) is 14.0. The minimum absolute atomic E-state index is 0.144. The Kier molecular flexibility index (Phi) is 5.62. The smallest absolute Gasteiger partial charge is 0.248 e. The average molecular weight is 317 g/mol. The normalized spacial score (nSPS) is 21.5. The summed E-state index contributed by atoms with van der Waals surface area (Å²) in [5, 5.41) is 0.